The van der Waals surface area contributed by atoms with Gasteiger partial charge >= 0.3 is 0 Å². The summed E-state index contributed by atoms with van der Waals surface area (Å²) in [7, 11) is 0. The number of nitrogens with zero attached hydrogens (tertiary/aromatic N) is 2. The van der Waals surface area contributed by atoms with Gasteiger partial charge in [-0.2, -0.15) is 16.7 Å². The van der Waals surface area contributed by atoms with Gasteiger partial charge in [0, 0.05) is 21.8 Å². The summed E-state index contributed by atoms with van der Waals surface area (Å²) in [5.41, 5.74) is 7.12. The lowest BCUT2D eigenvalue weighted by Gasteiger charge is -2.29. The van der Waals surface area contributed by atoms with E-state index < -0.39 is 0 Å². The number of hydrogen-bond acceptors (Lipinski definition) is 6. The first kappa shape index (κ1) is 15.1. The summed E-state index contributed by atoms with van der Waals surface area (Å²) in [4.78, 5) is 4.52. The number of halogens is 1. The van der Waals surface area contributed by atoms with Gasteiger partial charge in [-0.15, -0.1) is 11.8 Å². The topological polar surface area (TPSA) is 64.9 Å². The minimum absolute atomic E-state index is 0.281. The first-order valence-electron chi connectivity index (χ1n) is 6.70. The van der Waals surface area contributed by atoms with Gasteiger partial charge in [0.25, 0.3) is 5.89 Å². The average Bonchev–Trinajstić information content (AvgIpc) is 2.94. The SMILES string of the molecule is CC1SCC(c2noc(-c3ccc(Cl)c(N)c3)n2)SC1C. The first-order valence-corrected chi connectivity index (χ1v) is 9.07. The van der Waals surface area contributed by atoms with Crippen molar-refractivity contribution in [2.45, 2.75) is 29.6 Å². The minimum Gasteiger partial charge on any atom is -0.398 e. The molecule has 7 heteroatoms. The quantitative estimate of drug-likeness (QED) is 0.823. The Bertz CT molecular complexity index is 649. The summed E-state index contributed by atoms with van der Waals surface area (Å²) in [6.07, 6.45) is 0. The van der Waals surface area contributed by atoms with Crippen LogP contribution in [0, 0.1) is 0 Å². The fraction of sp³-hybridized carbons (Fsp3) is 0.429. The highest BCUT2D eigenvalue weighted by Gasteiger charge is 2.30. The van der Waals surface area contributed by atoms with Crippen LogP contribution in [0.3, 0.4) is 0 Å². The van der Waals surface area contributed by atoms with Crippen molar-refractivity contribution in [1.82, 2.24) is 10.1 Å². The third-order valence-corrected chi connectivity index (χ3v) is 7.25. The van der Waals surface area contributed by atoms with Crippen molar-refractivity contribution < 1.29 is 4.52 Å². The molecule has 0 bridgehead atoms. The summed E-state index contributed by atoms with van der Waals surface area (Å²) in [5.74, 6) is 2.26. The molecule has 0 saturated carbocycles. The molecule has 1 aromatic heterocycles. The second kappa shape index (κ2) is 6.10. The maximum Gasteiger partial charge on any atom is 0.258 e. The van der Waals surface area contributed by atoms with Gasteiger partial charge in [-0.1, -0.05) is 30.6 Å². The molecule has 112 valence electrons. The number of rotatable bonds is 2. The fourth-order valence-corrected chi connectivity index (χ4v) is 5.03. The molecule has 21 heavy (non-hydrogen) atoms. The van der Waals surface area contributed by atoms with Crippen molar-refractivity contribution in [1.29, 1.82) is 0 Å². The molecule has 2 aromatic rings. The van der Waals surface area contributed by atoms with Crippen LogP contribution < -0.4 is 5.73 Å². The van der Waals surface area contributed by atoms with Crippen molar-refractivity contribution in [3.05, 3.63) is 29.0 Å². The lowest BCUT2D eigenvalue weighted by molar-refractivity contribution is 0.423. The third kappa shape index (κ3) is 3.17. The molecule has 4 nitrogen and oxygen atoms in total. The van der Waals surface area contributed by atoms with E-state index >= 15 is 0 Å². The maximum atomic E-state index is 5.93. The number of aromatic nitrogens is 2. The third-order valence-electron chi connectivity index (χ3n) is 3.52. The Morgan fingerprint density at radius 3 is 2.86 bits per heavy atom. The van der Waals surface area contributed by atoms with E-state index in [1.165, 1.54) is 0 Å². The van der Waals surface area contributed by atoms with Gasteiger partial charge in [-0.3, -0.25) is 0 Å². The molecule has 0 radical (unpaired) electrons. The van der Waals surface area contributed by atoms with Crippen LogP contribution in [-0.2, 0) is 0 Å². The van der Waals surface area contributed by atoms with E-state index in [0.717, 1.165) is 17.1 Å². The highest BCUT2D eigenvalue weighted by Crippen LogP contribution is 2.43. The number of anilines is 1. The Kier molecular flexibility index (Phi) is 4.38. The van der Waals surface area contributed by atoms with E-state index in [2.05, 4.69) is 24.0 Å². The number of benzene rings is 1. The van der Waals surface area contributed by atoms with Crippen molar-refractivity contribution in [2.75, 3.05) is 11.5 Å². The van der Waals surface area contributed by atoms with Crippen LogP contribution in [0.1, 0.15) is 24.9 Å². The van der Waals surface area contributed by atoms with E-state index in [0.29, 0.717) is 27.1 Å². The molecular formula is C14H16ClN3OS2. The summed E-state index contributed by atoms with van der Waals surface area (Å²) < 4.78 is 5.38. The number of nitrogen functional groups attached to an aromatic ring is 1. The van der Waals surface area contributed by atoms with Gasteiger partial charge in [-0.05, 0) is 18.2 Å². The molecule has 0 amide bonds. The predicted molar refractivity (Wildman–Crippen MR) is 90.9 cm³/mol. The molecule has 1 aromatic carbocycles. The summed E-state index contributed by atoms with van der Waals surface area (Å²) in [6, 6.07) is 5.33. The van der Waals surface area contributed by atoms with E-state index in [9.17, 15) is 0 Å². The number of nitrogens with two attached hydrogens (primary N) is 1. The van der Waals surface area contributed by atoms with Crippen LogP contribution in [0.15, 0.2) is 22.7 Å². The van der Waals surface area contributed by atoms with Crippen LogP contribution in [0.2, 0.25) is 5.02 Å². The van der Waals surface area contributed by atoms with Crippen molar-refractivity contribution in [3.63, 3.8) is 0 Å². The smallest absolute Gasteiger partial charge is 0.258 e. The van der Waals surface area contributed by atoms with Crippen molar-refractivity contribution in [3.8, 4) is 11.5 Å². The molecule has 1 aliphatic rings. The Labute approximate surface area is 137 Å². The van der Waals surface area contributed by atoms with E-state index in [1.807, 2.05) is 29.6 Å². The second-order valence-electron chi connectivity index (χ2n) is 5.06. The minimum atomic E-state index is 0.281. The van der Waals surface area contributed by atoms with Crippen LogP contribution in [0.5, 0.6) is 0 Å². The number of thioether (sulfide) groups is 2. The predicted octanol–water partition coefficient (Wildman–Crippen LogP) is 4.27. The average molecular weight is 342 g/mol. The lowest BCUT2D eigenvalue weighted by Crippen LogP contribution is -2.22. The fourth-order valence-electron chi connectivity index (χ4n) is 2.08. The highest BCUT2D eigenvalue weighted by atomic mass is 35.5. The largest absolute Gasteiger partial charge is 0.398 e. The Morgan fingerprint density at radius 2 is 2.14 bits per heavy atom. The normalized spacial score (nSPS) is 26.0. The maximum absolute atomic E-state index is 5.93. The molecule has 3 atom stereocenters. The van der Waals surface area contributed by atoms with Crippen LogP contribution >= 0.6 is 35.1 Å². The molecule has 3 rings (SSSR count). The Hall–Kier alpha value is -0.850. The zero-order valence-corrected chi connectivity index (χ0v) is 14.1. The molecule has 2 heterocycles. The Morgan fingerprint density at radius 1 is 1.33 bits per heavy atom. The van der Waals surface area contributed by atoms with E-state index in [4.69, 9.17) is 21.9 Å². The molecule has 1 aliphatic heterocycles. The molecule has 0 spiro atoms. The van der Waals surface area contributed by atoms with Crippen LogP contribution in [0.4, 0.5) is 5.69 Å². The first-order chi connectivity index (χ1) is 10.0. The van der Waals surface area contributed by atoms with Crippen LogP contribution in [-0.4, -0.2) is 26.4 Å². The van der Waals surface area contributed by atoms with Crippen LogP contribution in [0.25, 0.3) is 11.5 Å². The molecule has 1 saturated heterocycles. The van der Waals surface area contributed by atoms with Gasteiger partial charge in [0.05, 0.1) is 16.0 Å². The van der Waals surface area contributed by atoms with Gasteiger partial charge in [-0.25, -0.2) is 0 Å². The lowest BCUT2D eigenvalue weighted by atomic mass is 10.2. The highest BCUT2D eigenvalue weighted by molar-refractivity contribution is 8.07. The molecule has 0 aliphatic carbocycles. The van der Waals surface area contributed by atoms with Gasteiger partial charge < -0.3 is 10.3 Å². The standard InChI is InChI=1S/C14H16ClN3OS2/c1-7-8(2)21-12(6-20-7)13-17-14(19-18-13)9-3-4-10(15)11(16)5-9/h3-5,7-8,12H,6,16H2,1-2H3. The number of hydrogen-bond donors (Lipinski definition) is 1. The van der Waals surface area contributed by atoms with Gasteiger partial charge in [0.1, 0.15) is 0 Å². The van der Waals surface area contributed by atoms with E-state index in [1.54, 1.807) is 12.1 Å². The summed E-state index contributed by atoms with van der Waals surface area (Å²) in [6.45, 7) is 4.51. The second-order valence-corrected chi connectivity index (χ2v) is 8.46. The van der Waals surface area contributed by atoms with Crippen molar-refractivity contribution >= 4 is 40.8 Å². The summed E-state index contributed by atoms with van der Waals surface area (Å²) in [5, 5.41) is 6.19. The van der Waals surface area contributed by atoms with Crippen molar-refractivity contribution in [2.24, 2.45) is 0 Å². The van der Waals surface area contributed by atoms with E-state index in [-0.39, 0.29) is 5.25 Å². The summed E-state index contributed by atoms with van der Waals surface area (Å²) >= 11 is 9.80. The zero-order valence-electron chi connectivity index (χ0n) is 11.7. The molecule has 1 fully saturated rings. The molecule has 3 unspecified atom stereocenters. The monoisotopic (exact) mass is 341 g/mol. The van der Waals surface area contributed by atoms with Gasteiger partial charge in [0.15, 0.2) is 5.82 Å². The zero-order chi connectivity index (χ0) is 15.0. The van der Waals surface area contributed by atoms with Gasteiger partial charge in [0.2, 0.25) is 0 Å². The Balaban J connectivity index is 1.81. The molecule has 2 N–H and O–H groups in total. The molecular weight excluding hydrogens is 326 g/mol.